The van der Waals surface area contributed by atoms with Crippen molar-refractivity contribution in [3.8, 4) is 11.5 Å². The van der Waals surface area contributed by atoms with Crippen LogP contribution >= 0.6 is 23.2 Å². The molecule has 3 aromatic rings. The summed E-state index contributed by atoms with van der Waals surface area (Å²) in [6, 6.07) is 8.21. The predicted octanol–water partition coefficient (Wildman–Crippen LogP) is 6.29. The Morgan fingerprint density at radius 2 is 1.76 bits per heavy atom. The van der Waals surface area contributed by atoms with Gasteiger partial charge in [0, 0.05) is 40.7 Å². The molecule has 2 heterocycles. The lowest BCUT2D eigenvalue weighted by atomic mass is 9.75. The first-order chi connectivity index (χ1) is 13.5. The van der Waals surface area contributed by atoms with E-state index in [-0.39, 0.29) is 32.4 Å². The normalized spacial score (nSPS) is 17.2. The number of hydrogen-bond acceptors (Lipinski definition) is 4. The quantitative estimate of drug-likeness (QED) is 0.375. The number of rotatable bonds is 3. The molecule has 152 valence electrons. The Labute approximate surface area is 178 Å². The highest BCUT2D eigenvalue weighted by molar-refractivity contribution is 6.37. The van der Waals surface area contributed by atoms with Gasteiger partial charge in [0.05, 0.1) is 20.5 Å². The van der Waals surface area contributed by atoms with E-state index in [1.54, 1.807) is 0 Å². The van der Waals surface area contributed by atoms with Gasteiger partial charge < -0.3 is 15.0 Å². The molecule has 0 unspecified atom stereocenters. The monoisotopic (exact) mass is 433 g/mol. The molecule has 0 spiro atoms. The molecule has 8 heteroatoms. The fourth-order valence-electron chi connectivity index (χ4n) is 3.89. The molecule has 1 aromatic heterocycles. The summed E-state index contributed by atoms with van der Waals surface area (Å²) in [5.41, 5.74) is 3.02. The molecule has 0 atom stereocenters. The van der Waals surface area contributed by atoms with Crippen LogP contribution in [0.25, 0.3) is 10.9 Å². The zero-order valence-electron chi connectivity index (χ0n) is 16.5. The molecule has 0 radical (unpaired) electrons. The van der Waals surface area contributed by atoms with Crippen LogP contribution in [0.1, 0.15) is 39.0 Å². The highest BCUT2D eigenvalue weighted by atomic mass is 35.5. The van der Waals surface area contributed by atoms with Crippen molar-refractivity contribution in [2.24, 2.45) is 0 Å². The van der Waals surface area contributed by atoms with Gasteiger partial charge in [-0.25, -0.2) is 0 Å². The molecule has 0 amide bonds. The molecule has 1 aliphatic heterocycles. The van der Waals surface area contributed by atoms with Crippen molar-refractivity contribution < 1.29 is 9.66 Å². The summed E-state index contributed by atoms with van der Waals surface area (Å²) in [6.45, 7) is 9.58. The number of non-ortho nitro benzene ring substituents is 1. The maximum atomic E-state index is 11.0. The first-order valence-electron chi connectivity index (χ1n) is 9.22. The number of nitrogens with zero attached hydrogens (tertiary/aromatic N) is 1. The zero-order chi connectivity index (χ0) is 21.1. The van der Waals surface area contributed by atoms with E-state index in [1.165, 1.54) is 17.7 Å². The molecule has 2 N–H and O–H groups in total. The second-order valence-corrected chi connectivity index (χ2v) is 9.36. The average molecular weight is 434 g/mol. The van der Waals surface area contributed by atoms with Crippen LogP contribution in [0.4, 0.5) is 5.69 Å². The maximum absolute atomic E-state index is 11.0. The summed E-state index contributed by atoms with van der Waals surface area (Å²) < 4.78 is 5.95. The summed E-state index contributed by atoms with van der Waals surface area (Å²) >= 11 is 12.4. The van der Waals surface area contributed by atoms with Gasteiger partial charge in [0.25, 0.3) is 5.69 Å². The molecule has 29 heavy (non-hydrogen) atoms. The van der Waals surface area contributed by atoms with Crippen LogP contribution in [-0.2, 0) is 11.0 Å². The molecule has 6 nitrogen and oxygen atoms in total. The third kappa shape index (κ3) is 3.35. The Balaban J connectivity index is 1.81. The molecule has 0 saturated carbocycles. The van der Waals surface area contributed by atoms with E-state index in [2.05, 4.69) is 38.0 Å². The Morgan fingerprint density at radius 1 is 1.10 bits per heavy atom. The number of ether oxygens (including phenoxy) is 1. The second-order valence-electron chi connectivity index (χ2n) is 8.54. The van der Waals surface area contributed by atoms with Crippen molar-refractivity contribution in [3.05, 3.63) is 61.7 Å². The zero-order valence-corrected chi connectivity index (χ0v) is 18.0. The topological polar surface area (TPSA) is 80.2 Å². The van der Waals surface area contributed by atoms with E-state index in [1.807, 2.05) is 18.2 Å². The lowest BCUT2D eigenvalue weighted by molar-refractivity contribution is -0.384. The van der Waals surface area contributed by atoms with Gasteiger partial charge in [0.2, 0.25) is 0 Å². The van der Waals surface area contributed by atoms with Crippen molar-refractivity contribution in [1.82, 2.24) is 10.3 Å². The highest BCUT2D eigenvalue weighted by Crippen LogP contribution is 2.44. The molecular formula is C21H21Cl2N3O3. The fourth-order valence-corrected chi connectivity index (χ4v) is 4.44. The van der Waals surface area contributed by atoms with Crippen LogP contribution in [0.5, 0.6) is 11.5 Å². The number of nitrogens with one attached hydrogen (secondary N) is 2. The van der Waals surface area contributed by atoms with Crippen LogP contribution < -0.4 is 10.1 Å². The van der Waals surface area contributed by atoms with E-state index in [4.69, 9.17) is 27.9 Å². The number of halogens is 2. The van der Waals surface area contributed by atoms with Crippen molar-refractivity contribution in [1.29, 1.82) is 0 Å². The number of fused-ring (bicyclic) bond motifs is 3. The van der Waals surface area contributed by atoms with Gasteiger partial charge in [-0.05, 0) is 37.6 Å². The number of benzene rings is 2. The minimum Gasteiger partial charge on any atom is -0.454 e. The lowest BCUT2D eigenvalue weighted by Gasteiger charge is -2.40. The summed E-state index contributed by atoms with van der Waals surface area (Å²) in [6.07, 6.45) is 0. The number of nitro groups is 1. The predicted molar refractivity (Wildman–Crippen MR) is 116 cm³/mol. The molecule has 0 fully saturated rings. The minimum absolute atomic E-state index is 0.0651. The fraction of sp³-hybridized carbons (Fsp3) is 0.333. The van der Waals surface area contributed by atoms with Gasteiger partial charge in [-0.15, -0.1) is 0 Å². The van der Waals surface area contributed by atoms with Crippen molar-refractivity contribution in [2.45, 2.75) is 38.6 Å². The molecule has 1 aliphatic rings. The Hall–Kier alpha value is -2.28. The average Bonchev–Trinajstić information content (AvgIpc) is 3.03. The third-order valence-corrected chi connectivity index (χ3v) is 6.02. The molecule has 0 aliphatic carbocycles. The van der Waals surface area contributed by atoms with Crippen molar-refractivity contribution in [3.63, 3.8) is 0 Å². The Kier molecular flexibility index (Phi) is 4.57. The summed E-state index contributed by atoms with van der Waals surface area (Å²) in [4.78, 5) is 14.0. The van der Waals surface area contributed by atoms with Crippen molar-refractivity contribution >= 4 is 39.8 Å². The number of aromatic nitrogens is 1. The van der Waals surface area contributed by atoms with Crippen LogP contribution in [0, 0.1) is 10.1 Å². The number of H-pyrrole nitrogens is 1. The first-order valence-corrected chi connectivity index (χ1v) is 9.98. The summed E-state index contributed by atoms with van der Waals surface area (Å²) in [5, 5.41) is 15.8. The van der Waals surface area contributed by atoms with E-state index in [9.17, 15) is 10.1 Å². The van der Waals surface area contributed by atoms with Crippen LogP contribution in [-0.4, -0.2) is 16.5 Å². The highest BCUT2D eigenvalue weighted by Gasteiger charge is 2.39. The molecule has 0 saturated heterocycles. The smallest absolute Gasteiger partial charge is 0.272 e. The SMILES string of the molecule is CC1(C)CNC(C)(C)c2[nH]c3ccc(Oc4c(Cl)cc([N+](=O)[O-])cc4Cl)cc3c21. The summed E-state index contributed by atoms with van der Waals surface area (Å²) in [7, 11) is 0. The van der Waals surface area contributed by atoms with E-state index in [0.717, 1.165) is 23.1 Å². The van der Waals surface area contributed by atoms with Gasteiger partial charge in [0.15, 0.2) is 5.75 Å². The maximum Gasteiger partial charge on any atom is 0.272 e. The van der Waals surface area contributed by atoms with Gasteiger partial charge >= 0.3 is 0 Å². The summed E-state index contributed by atoms with van der Waals surface area (Å²) in [5.74, 6) is 0.757. The first kappa shape index (κ1) is 20.0. The Morgan fingerprint density at radius 3 is 2.38 bits per heavy atom. The second kappa shape index (κ2) is 6.62. The van der Waals surface area contributed by atoms with Crippen LogP contribution in [0.3, 0.4) is 0 Å². The Bertz CT molecular complexity index is 1130. The third-order valence-electron chi connectivity index (χ3n) is 5.46. The van der Waals surface area contributed by atoms with E-state index >= 15 is 0 Å². The van der Waals surface area contributed by atoms with Gasteiger partial charge in [-0.3, -0.25) is 10.1 Å². The largest absolute Gasteiger partial charge is 0.454 e. The van der Waals surface area contributed by atoms with Crippen LogP contribution in [0.15, 0.2) is 30.3 Å². The number of aromatic amines is 1. The molecule has 4 rings (SSSR count). The van der Waals surface area contributed by atoms with E-state index < -0.39 is 4.92 Å². The number of nitro benzene ring substituents is 1. The molecule has 2 aromatic carbocycles. The molecular weight excluding hydrogens is 413 g/mol. The van der Waals surface area contributed by atoms with Crippen molar-refractivity contribution in [2.75, 3.05) is 6.54 Å². The van der Waals surface area contributed by atoms with E-state index in [0.29, 0.717) is 5.75 Å². The standard InChI is InChI=1S/C21H21Cl2N3O3/c1-20(2)10-24-21(3,4)19-17(20)13-9-12(5-6-16(13)25-19)29-18-14(22)7-11(26(27)28)8-15(18)23/h5-9,24-25H,10H2,1-4H3. The minimum atomic E-state index is -0.544. The number of hydrogen-bond donors (Lipinski definition) is 2. The van der Waals surface area contributed by atoms with Gasteiger partial charge in [-0.1, -0.05) is 37.0 Å². The van der Waals surface area contributed by atoms with Gasteiger partial charge in [-0.2, -0.15) is 0 Å². The lowest BCUT2D eigenvalue weighted by Crippen LogP contribution is -2.50. The molecule has 0 bridgehead atoms. The van der Waals surface area contributed by atoms with Gasteiger partial charge in [0.1, 0.15) is 5.75 Å². The van der Waals surface area contributed by atoms with Crippen LogP contribution in [0.2, 0.25) is 10.0 Å².